The predicted octanol–water partition coefficient (Wildman–Crippen LogP) is 1.27. The van der Waals surface area contributed by atoms with Gasteiger partial charge in [-0.3, -0.25) is 4.79 Å². The SMILES string of the molecule is CCCc1nc(-c2cn[nH]n2)[nH]c(=O)c1Br. The molecule has 0 saturated carbocycles. The molecule has 84 valence electrons. The molecule has 0 amide bonds. The average Bonchev–Trinajstić information content (AvgIpc) is 2.78. The van der Waals surface area contributed by atoms with Crippen molar-refractivity contribution in [2.75, 3.05) is 0 Å². The molecule has 0 aliphatic rings. The molecule has 2 heterocycles. The third-order valence-electron chi connectivity index (χ3n) is 2.08. The molecule has 2 N–H and O–H groups in total. The second-order valence-corrected chi connectivity index (χ2v) is 4.07. The van der Waals surface area contributed by atoms with Crippen LogP contribution in [0.25, 0.3) is 11.5 Å². The number of hydrogen-bond acceptors (Lipinski definition) is 4. The molecule has 0 bridgehead atoms. The number of aryl methyl sites for hydroxylation is 1. The Morgan fingerprint density at radius 2 is 2.31 bits per heavy atom. The maximum absolute atomic E-state index is 11.6. The number of nitrogens with one attached hydrogen (secondary N) is 2. The van der Waals surface area contributed by atoms with Gasteiger partial charge in [0.1, 0.15) is 10.2 Å². The molecule has 7 heteroatoms. The Morgan fingerprint density at radius 1 is 1.50 bits per heavy atom. The molecule has 0 aliphatic carbocycles. The zero-order valence-corrected chi connectivity index (χ0v) is 10.2. The second-order valence-electron chi connectivity index (χ2n) is 3.28. The van der Waals surface area contributed by atoms with Crippen molar-refractivity contribution < 1.29 is 0 Å². The number of halogens is 1. The molecule has 16 heavy (non-hydrogen) atoms. The van der Waals surface area contributed by atoms with E-state index in [0.717, 1.165) is 18.5 Å². The van der Waals surface area contributed by atoms with Crippen LogP contribution in [-0.2, 0) is 6.42 Å². The van der Waals surface area contributed by atoms with Gasteiger partial charge in [-0.1, -0.05) is 13.3 Å². The first kappa shape index (κ1) is 11.0. The summed E-state index contributed by atoms with van der Waals surface area (Å²) in [5.74, 6) is 0.436. The summed E-state index contributed by atoms with van der Waals surface area (Å²) < 4.78 is 0.488. The van der Waals surface area contributed by atoms with Crippen LogP contribution in [-0.4, -0.2) is 25.4 Å². The van der Waals surface area contributed by atoms with Gasteiger partial charge in [0.2, 0.25) is 0 Å². The number of rotatable bonds is 3. The summed E-state index contributed by atoms with van der Waals surface area (Å²) in [6, 6.07) is 0. The molecular formula is C9H10BrN5O. The van der Waals surface area contributed by atoms with Crippen LogP contribution in [0.3, 0.4) is 0 Å². The molecule has 2 aromatic heterocycles. The molecule has 2 rings (SSSR count). The van der Waals surface area contributed by atoms with Crippen molar-refractivity contribution >= 4 is 15.9 Å². The van der Waals surface area contributed by atoms with Crippen molar-refractivity contribution in [3.8, 4) is 11.5 Å². The quantitative estimate of drug-likeness (QED) is 0.888. The Labute approximate surface area is 99.6 Å². The van der Waals surface area contributed by atoms with Crippen molar-refractivity contribution in [2.45, 2.75) is 19.8 Å². The van der Waals surface area contributed by atoms with Crippen molar-refractivity contribution in [1.82, 2.24) is 25.4 Å². The first-order valence-corrected chi connectivity index (χ1v) is 5.66. The Bertz CT molecular complexity index is 533. The molecular weight excluding hydrogens is 274 g/mol. The maximum atomic E-state index is 11.6. The van der Waals surface area contributed by atoms with Crippen LogP contribution < -0.4 is 5.56 Å². The summed E-state index contributed by atoms with van der Waals surface area (Å²) in [6.07, 6.45) is 3.19. The highest BCUT2D eigenvalue weighted by Gasteiger charge is 2.10. The Hall–Kier alpha value is -1.50. The summed E-state index contributed by atoms with van der Waals surface area (Å²) in [4.78, 5) is 18.6. The van der Waals surface area contributed by atoms with Gasteiger partial charge in [0.25, 0.3) is 5.56 Å². The third-order valence-corrected chi connectivity index (χ3v) is 2.89. The monoisotopic (exact) mass is 283 g/mol. The molecule has 0 aliphatic heterocycles. The smallest absolute Gasteiger partial charge is 0.265 e. The summed E-state index contributed by atoms with van der Waals surface area (Å²) in [7, 11) is 0. The fourth-order valence-corrected chi connectivity index (χ4v) is 1.73. The topological polar surface area (TPSA) is 87.3 Å². The molecule has 6 nitrogen and oxygen atoms in total. The molecule has 0 spiro atoms. The lowest BCUT2D eigenvalue weighted by atomic mass is 10.2. The molecule has 2 aromatic rings. The van der Waals surface area contributed by atoms with Crippen LogP contribution in [0, 0.1) is 0 Å². The van der Waals surface area contributed by atoms with Crippen LogP contribution in [0.2, 0.25) is 0 Å². The van der Waals surface area contributed by atoms with E-state index in [4.69, 9.17) is 0 Å². The van der Waals surface area contributed by atoms with E-state index in [9.17, 15) is 4.79 Å². The summed E-state index contributed by atoms with van der Waals surface area (Å²) in [5, 5.41) is 10.0. The molecule has 0 fully saturated rings. The molecule has 0 unspecified atom stereocenters. The lowest BCUT2D eigenvalue weighted by molar-refractivity contribution is 0.858. The van der Waals surface area contributed by atoms with Gasteiger partial charge < -0.3 is 4.98 Å². The molecule has 0 atom stereocenters. The Morgan fingerprint density at radius 3 is 2.94 bits per heavy atom. The van der Waals surface area contributed by atoms with Gasteiger partial charge in [0, 0.05) is 0 Å². The standard InChI is InChI=1S/C9H10BrN5O/c1-2-3-5-7(10)9(16)13-8(12-5)6-4-11-15-14-6/h4H,2-3H2,1H3,(H,11,14,15)(H,12,13,16). The van der Waals surface area contributed by atoms with Gasteiger partial charge in [-0.25, -0.2) is 4.98 Å². The number of nitrogens with zero attached hydrogens (tertiary/aromatic N) is 3. The van der Waals surface area contributed by atoms with E-state index < -0.39 is 0 Å². The van der Waals surface area contributed by atoms with Crippen molar-refractivity contribution in [3.05, 3.63) is 26.7 Å². The van der Waals surface area contributed by atoms with Gasteiger partial charge >= 0.3 is 0 Å². The average molecular weight is 284 g/mol. The van der Waals surface area contributed by atoms with Crippen molar-refractivity contribution in [2.24, 2.45) is 0 Å². The van der Waals surface area contributed by atoms with Gasteiger partial charge in [-0.15, -0.1) is 0 Å². The largest absolute Gasteiger partial charge is 0.304 e. The van der Waals surface area contributed by atoms with Crippen LogP contribution >= 0.6 is 15.9 Å². The summed E-state index contributed by atoms with van der Waals surface area (Å²) in [5.41, 5.74) is 1.07. The van der Waals surface area contributed by atoms with E-state index >= 15 is 0 Å². The first-order chi connectivity index (χ1) is 7.72. The number of H-pyrrole nitrogens is 2. The minimum atomic E-state index is -0.198. The van der Waals surface area contributed by atoms with Gasteiger partial charge in [0.05, 0.1) is 11.9 Å². The fraction of sp³-hybridized carbons (Fsp3) is 0.333. The van der Waals surface area contributed by atoms with Crippen LogP contribution in [0.4, 0.5) is 0 Å². The van der Waals surface area contributed by atoms with E-state index in [1.165, 1.54) is 6.20 Å². The van der Waals surface area contributed by atoms with E-state index in [1.54, 1.807) is 0 Å². The zero-order valence-electron chi connectivity index (χ0n) is 8.62. The van der Waals surface area contributed by atoms with Crippen molar-refractivity contribution in [1.29, 1.82) is 0 Å². The lowest BCUT2D eigenvalue weighted by Crippen LogP contribution is -2.13. The van der Waals surface area contributed by atoms with Crippen LogP contribution in [0.5, 0.6) is 0 Å². The second kappa shape index (κ2) is 4.56. The van der Waals surface area contributed by atoms with E-state index in [2.05, 4.69) is 41.3 Å². The molecule has 0 saturated heterocycles. The Balaban J connectivity index is 2.53. The minimum Gasteiger partial charge on any atom is -0.304 e. The van der Waals surface area contributed by atoms with Crippen LogP contribution in [0.15, 0.2) is 15.5 Å². The van der Waals surface area contributed by atoms with E-state index in [0.29, 0.717) is 16.0 Å². The highest BCUT2D eigenvalue weighted by atomic mass is 79.9. The maximum Gasteiger partial charge on any atom is 0.265 e. The minimum absolute atomic E-state index is 0.198. The zero-order chi connectivity index (χ0) is 11.5. The summed E-state index contributed by atoms with van der Waals surface area (Å²) >= 11 is 3.23. The van der Waals surface area contributed by atoms with Crippen LogP contribution in [0.1, 0.15) is 19.0 Å². The van der Waals surface area contributed by atoms with E-state index in [1.807, 2.05) is 6.92 Å². The number of aromatic nitrogens is 5. The number of hydrogen-bond donors (Lipinski definition) is 2. The van der Waals surface area contributed by atoms with E-state index in [-0.39, 0.29) is 5.56 Å². The third kappa shape index (κ3) is 2.04. The normalized spacial score (nSPS) is 10.6. The highest BCUT2D eigenvalue weighted by molar-refractivity contribution is 9.10. The van der Waals surface area contributed by atoms with Gasteiger partial charge in [0.15, 0.2) is 5.82 Å². The Kier molecular flexibility index (Phi) is 3.14. The molecule has 0 aromatic carbocycles. The lowest BCUT2D eigenvalue weighted by Gasteiger charge is -2.03. The van der Waals surface area contributed by atoms with Crippen molar-refractivity contribution in [3.63, 3.8) is 0 Å². The number of aromatic amines is 2. The first-order valence-electron chi connectivity index (χ1n) is 4.87. The molecule has 0 radical (unpaired) electrons. The fourth-order valence-electron chi connectivity index (χ4n) is 1.34. The predicted molar refractivity (Wildman–Crippen MR) is 61.9 cm³/mol. The van der Waals surface area contributed by atoms with Gasteiger partial charge in [-0.2, -0.15) is 15.4 Å². The highest BCUT2D eigenvalue weighted by Crippen LogP contribution is 2.15. The van der Waals surface area contributed by atoms with Gasteiger partial charge in [-0.05, 0) is 22.4 Å². The summed E-state index contributed by atoms with van der Waals surface area (Å²) in [6.45, 7) is 2.03.